The van der Waals surface area contributed by atoms with Gasteiger partial charge in [-0.2, -0.15) is 8.42 Å². The molecule has 0 atom stereocenters. The van der Waals surface area contributed by atoms with Gasteiger partial charge in [0.05, 0.1) is 17.5 Å². The van der Waals surface area contributed by atoms with Gasteiger partial charge in [0.1, 0.15) is 0 Å². The zero-order valence-corrected chi connectivity index (χ0v) is 15.7. The van der Waals surface area contributed by atoms with E-state index in [1.807, 2.05) is 36.4 Å². The Kier molecular flexibility index (Phi) is 4.16. The summed E-state index contributed by atoms with van der Waals surface area (Å²) < 4.78 is 28.8. The van der Waals surface area contributed by atoms with Crippen LogP contribution in [0.15, 0.2) is 72.1 Å². The molecule has 2 aromatic carbocycles. The van der Waals surface area contributed by atoms with Crippen LogP contribution < -0.4 is 4.72 Å². The summed E-state index contributed by atoms with van der Waals surface area (Å²) >= 11 is 0. The molecule has 0 aliphatic heterocycles. The topological polar surface area (TPSA) is 76.9 Å². The number of benzene rings is 2. The van der Waals surface area contributed by atoms with Gasteiger partial charge in [0, 0.05) is 29.9 Å². The standard InChI is InChI=1S/C20H18N4O2S/c1-14-3-9-19-16(11-14)6-10-18(22-19)15-4-7-17(8-5-15)23-27(25,26)20-12-24(2)13-21-20/h3-13,23H,1-2H3. The third kappa shape index (κ3) is 3.54. The SMILES string of the molecule is Cc1ccc2nc(-c3ccc(NS(=O)(=O)c4cn(C)cn4)cc3)ccc2c1. The number of nitrogens with one attached hydrogen (secondary N) is 1. The third-order valence-electron chi connectivity index (χ3n) is 4.23. The lowest BCUT2D eigenvalue weighted by atomic mass is 10.1. The first-order valence-corrected chi connectivity index (χ1v) is 9.88. The van der Waals surface area contributed by atoms with Crippen molar-refractivity contribution < 1.29 is 8.42 Å². The Hall–Kier alpha value is -3.19. The maximum absolute atomic E-state index is 12.3. The van der Waals surface area contributed by atoms with Crippen molar-refractivity contribution in [1.29, 1.82) is 0 Å². The highest BCUT2D eigenvalue weighted by molar-refractivity contribution is 7.92. The Balaban J connectivity index is 1.59. The summed E-state index contributed by atoms with van der Waals surface area (Å²) in [4.78, 5) is 8.58. The number of nitrogens with zero attached hydrogens (tertiary/aromatic N) is 3. The van der Waals surface area contributed by atoms with Gasteiger partial charge in [-0.3, -0.25) is 4.72 Å². The number of imidazole rings is 1. The Bertz CT molecular complexity index is 1230. The van der Waals surface area contributed by atoms with E-state index in [1.165, 1.54) is 18.1 Å². The first-order chi connectivity index (χ1) is 12.9. The Morgan fingerprint density at radius 2 is 1.78 bits per heavy atom. The van der Waals surface area contributed by atoms with E-state index in [1.54, 1.807) is 23.7 Å². The predicted octanol–water partition coefficient (Wildman–Crippen LogP) is 3.74. The molecule has 2 aromatic heterocycles. The first kappa shape index (κ1) is 17.2. The molecule has 136 valence electrons. The minimum absolute atomic E-state index is 0.0134. The largest absolute Gasteiger partial charge is 0.339 e. The van der Waals surface area contributed by atoms with Crippen LogP contribution in [0.4, 0.5) is 5.69 Å². The maximum Gasteiger partial charge on any atom is 0.280 e. The highest BCUT2D eigenvalue weighted by Crippen LogP contribution is 2.24. The second kappa shape index (κ2) is 6.51. The van der Waals surface area contributed by atoms with Gasteiger partial charge < -0.3 is 4.57 Å². The molecule has 0 radical (unpaired) electrons. The smallest absolute Gasteiger partial charge is 0.280 e. The summed E-state index contributed by atoms with van der Waals surface area (Å²) in [5.41, 5.74) is 4.35. The van der Waals surface area contributed by atoms with E-state index in [9.17, 15) is 8.42 Å². The van der Waals surface area contributed by atoms with Crippen molar-refractivity contribution in [3.63, 3.8) is 0 Å². The van der Waals surface area contributed by atoms with Crippen molar-refractivity contribution in [2.24, 2.45) is 7.05 Å². The van der Waals surface area contributed by atoms with E-state index in [0.29, 0.717) is 5.69 Å². The van der Waals surface area contributed by atoms with Crippen LogP contribution in [0, 0.1) is 6.92 Å². The zero-order valence-electron chi connectivity index (χ0n) is 14.9. The summed E-state index contributed by atoms with van der Waals surface area (Å²) in [7, 11) is -1.98. The number of hydrogen-bond acceptors (Lipinski definition) is 4. The number of pyridine rings is 1. The van der Waals surface area contributed by atoms with Crippen LogP contribution in [0.2, 0.25) is 0 Å². The van der Waals surface area contributed by atoms with Crippen molar-refractivity contribution in [2.45, 2.75) is 11.9 Å². The summed E-state index contributed by atoms with van der Waals surface area (Å²) in [5, 5.41) is 1.08. The average Bonchev–Trinajstić information content (AvgIpc) is 3.09. The first-order valence-electron chi connectivity index (χ1n) is 8.39. The summed E-state index contributed by atoms with van der Waals surface area (Å²) in [6, 6.07) is 17.3. The van der Waals surface area contributed by atoms with Crippen molar-refractivity contribution in [2.75, 3.05) is 4.72 Å². The number of hydrogen-bond donors (Lipinski definition) is 1. The van der Waals surface area contributed by atoms with E-state index in [0.717, 1.165) is 22.2 Å². The molecule has 0 bridgehead atoms. The van der Waals surface area contributed by atoms with Crippen molar-refractivity contribution >= 4 is 26.6 Å². The van der Waals surface area contributed by atoms with E-state index in [-0.39, 0.29) is 5.03 Å². The fourth-order valence-electron chi connectivity index (χ4n) is 2.85. The second-order valence-electron chi connectivity index (χ2n) is 6.45. The molecular weight excluding hydrogens is 360 g/mol. The van der Waals surface area contributed by atoms with E-state index < -0.39 is 10.0 Å². The predicted molar refractivity (Wildman–Crippen MR) is 106 cm³/mol. The highest BCUT2D eigenvalue weighted by Gasteiger charge is 2.17. The lowest BCUT2D eigenvalue weighted by Gasteiger charge is -2.08. The molecule has 0 unspecified atom stereocenters. The van der Waals surface area contributed by atoms with E-state index >= 15 is 0 Å². The van der Waals surface area contributed by atoms with Crippen LogP contribution in [-0.4, -0.2) is 23.0 Å². The van der Waals surface area contributed by atoms with Crippen LogP contribution in [-0.2, 0) is 17.1 Å². The lowest BCUT2D eigenvalue weighted by molar-refractivity contribution is 0.598. The van der Waals surface area contributed by atoms with Crippen LogP contribution in [0.25, 0.3) is 22.2 Å². The molecule has 6 nitrogen and oxygen atoms in total. The van der Waals surface area contributed by atoms with Gasteiger partial charge in [0.25, 0.3) is 10.0 Å². The fourth-order valence-corrected chi connectivity index (χ4v) is 3.89. The summed E-state index contributed by atoms with van der Waals surface area (Å²) in [6.07, 6.45) is 2.90. The van der Waals surface area contributed by atoms with Crippen LogP contribution in [0.3, 0.4) is 0 Å². The molecule has 27 heavy (non-hydrogen) atoms. The molecule has 0 aliphatic rings. The van der Waals surface area contributed by atoms with Crippen molar-refractivity contribution in [1.82, 2.24) is 14.5 Å². The molecule has 0 fully saturated rings. The molecule has 0 aliphatic carbocycles. The fraction of sp³-hybridized carbons (Fsp3) is 0.100. The molecule has 0 saturated carbocycles. The molecule has 0 saturated heterocycles. The van der Waals surface area contributed by atoms with E-state index in [4.69, 9.17) is 0 Å². The van der Waals surface area contributed by atoms with E-state index in [2.05, 4.69) is 27.7 Å². The molecule has 1 N–H and O–H groups in total. The van der Waals surface area contributed by atoms with Gasteiger partial charge in [-0.1, -0.05) is 29.8 Å². The molecule has 0 spiro atoms. The molecule has 0 amide bonds. The van der Waals surface area contributed by atoms with Crippen LogP contribution in [0.5, 0.6) is 0 Å². The summed E-state index contributed by atoms with van der Waals surface area (Å²) in [6.45, 7) is 2.05. The minimum atomic E-state index is -3.70. The van der Waals surface area contributed by atoms with Gasteiger partial charge in [0.15, 0.2) is 5.03 Å². The van der Waals surface area contributed by atoms with Gasteiger partial charge in [-0.15, -0.1) is 0 Å². The molecule has 7 heteroatoms. The van der Waals surface area contributed by atoms with Gasteiger partial charge in [-0.05, 0) is 37.3 Å². The Morgan fingerprint density at radius 3 is 2.48 bits per heavy atom. The molecule has 2 heterocycles. The van der Waals surface area contributed by atoms with Crippen molar-refractivity contribution in [3.05, 3.63) is 72.7 Å². The highest BCUT2D eigenvalue weighted by atomic mass is 32.2. The number of rotatable bonds is 4. The van der Waals surface area contributed by atoms with Crippen LogP contribution in [0.1, 0.15) is 5.56 Å². The number of anilines is 1. The number of sulfonamides is 1. The third-order valence-corrected chi connectivity index (χ3v) is 5.50. The van der Waals surface area contributed by atoms with Gasteiger partial charge in [0.2, 0.25) is 0 Å². The monoisotopic (exact) mass is 378 g/mol. The minimum Gasteiger partial charge on any atom is -0.339 e. The maximum atomic E-state index is 12.3. The van der Waals surface area contributed by atoms with Gasteiger partial charge >= 0.3 is 0 Å². The number of aryl methyl sites for hydroxylation is 2. The lowest BCUT2D eigenvalue weighted by Crippen LogP contribution is -2.13. The number of fused-ring (bicyclic) bond motifs is 1. The Morgan fingerprint density at radius 1 is 1.00 bits per heavy atom. The van der Waals surface area contributed by atoms with Crippen LogP contribution >= 0.6 is 0 Å². The zero-order chi connectivity index (χ0) is 19.0. The normalized spacial score (nSPS) is 11.6. The Labute approximate surface area is 157 Å². The second-order valence-corrected chi connectivity index (χ2v) is 8.08. The number of aromatic nitrogens is 3. The summed E-state index contributed by atoms with van der Waals surface area (Å²) in [5.74, 6) is 0. The molecule has 4 aromatic rings. The van der Waals surface area contributed by atoms with Gasteiger partial charge in [-0.25, -0.2) is 9.97 Å². The molecule has 4 rings (SSSR count). The van der Waals surface area contributed by atoms with Crippen molar-refractivity contribution in [3.8, 4) is 11.3 Å². The quantitative estimate of drug-likeness (QED) is 0.587. The average molecular weight is 378 g/mol. The molecular formula is C20H18N4O2S.